The van der Waals surface area contributed by atoms with Crippen molar-refractivity contribution in [3.05, 3.63) is 0 Å². The van der Waals surface area contributed by atoms with Crippen LogP contribution in [0.4, 0.5) is 0 Å². The largest absolute Gasteiger partial charge is 0.313 e. The Morgan fingerprint density at radius 1 is 1.36 bits per heavy atom. The maximum absolute atomic E-state index is 3.82. The van der Waals surface area contributed by atoms with Gasteiger partial charge in [-0.3, -0.25) is 0 Å². The molecule has 0 aromatic carbocycles. The molecule has 0 aromatic rings. The highest BCUT2D eigenvalue weighted by Gasteiger charge is 2.53. The summed E-state index contributed by atoms with van der Waals surface area (Å²) in [6.45, 7) is 3.69. The van der Waals surface area contributed by atoms with Crippen molar-refractivity contribution in [3.63, 3.8) is 0 Å². The first kappa shape index (κ1) is 9.53. The third kappa shape index (κ3) is 1.83. The Bertz CT molecular complexity index is 220. The zero-order valence-electron chi connectivity index (χ0n) is 9.09. The molecule has 0 bridgehead atoms. The van der Waals surface area contributed by atoms with Gasteiger partial charge < -0.3 is 5.32 Å². The van der Waals surface area contributed by atoms with Crippen molar-refractivity contribution >= 4 is 11.8 Å². The maximum Gasteiger partial charge on any atom is 0.0168 e. The number of thioether (sulfide) groups is 1. The minimum absolute atomic E-state index is 0.788. The molecule has 3 fully saturated rings. The van der Waals surface area contributed by atoms with Gasteiger partial charge >= 0.3 is 0 Å². The van der Waals surface area contributed by atoms with E-state index in [1.54, 1.807) is 0 Å². The van der Waals surface area contributed by atoms with Crippen LogP contribution in [0.25, 0.3) is 0 Å². The smallest absolute Gasteiger partial charge is 0.0168 e. The highest BCUT2D eigenvalue weighted by atomic mass is 32.2. The van der Waals surface area contributed by atoms with Crippen LogP contribution in [0, 0.1) is 11.3 Å². The molecule has 3 aliphatic rings. The Kier molecular flexibility index (Phi) is 2.32. The lowest BCUT2D eigenvalue weighted by Crippen LogP contribution is -2.35. The van der Waals surface area contributed by atoms with Crippen molar-refractivity contribution in [1.29, 1.82) is 0 Å². The topological polar surface area (TPSA) is 12.0 Å². The zero-order chi connectivity index (χ0) is 9.60. The molecule has 1 heterocycles. The van der Waals surface area contributed by atoms with Gasteiger partial charge in [0.15, 0.2) is 0 Å². The van der Waals surface area contributed by atoms with E-state index in [0.29, 0.717) is 0 Å². The minimum Gasteiger partial charge on any atom is -0.313 e. The van der Waals surface area contributed by atoms with Crippen molar-refractivity contribution < 1.29 is 0 Å². The van der Waals surface area contributed by atoms with Gasteiger partial charge in [-0.05, 0) is 43.4 Å². The SMILES string of the molecule is CC1CC(NCC2(C3CC3)CC2)CS1. The predicted octanol–water partition coefficient (Wildman–Crippen LogP) is 2.66. The van der Waals surface area contributed by atoms with Gasteiger partial charge in [-0.15, -0.1) is 0 Å². The lowest BCUT2D eigenvalue weighted by Gasteiger charge is -2.18. The molecular weight excluding hydrogens is 190 g/mol. The molecule has 2 saturated carbocycles. The number of hydrogen-bond donors (Lipinski definition) is 1. The monoisotopic (exact) mass is 211 g/mol. The van der Waals surface area contributed by atoms with Gasteiger partial charge in [0.1, 0.15) is 0 Å². The molecule has 1 nitrogen and oxygen atoms in total. The Morgan fingerprint density at radius 3 is 2.64 bits per heavy atom. The molecular formula is C12H21NS. The predicted molar refractivity (Wildman–Crippen MR) is 62.7 cm³/mol. The summed E-state index contributed by atoms with van der Waals surface area (Å²) in [5, 5.41) is 4.71. The van der Waals surface area contributed by atoms with Crippen molar-refractivity contribution in [1.82, 2.24) is 5.32 Å². The van der Waals surface area contributed by atoms with Crippen LogP contribution in [0.2, 0.25) is 0 Å². The fourth-order valence-electron chi connectivity index (χ4n) is 2.89. The van der Waals surface area contributed by atoms with E-state index in [0.717, 1.165) is 22.6 Å². The van der Waals surface area contributed by atoms with Crippen LogP contribution in [-0.2, 0) is 0 Å². The Morgan fingerprint density at radius 2 is 2.14 bits per heavy atom. The maximum atomic E-state index is 3.82. The van der Waals surface area contributed by atoms with Gasteiger partial charge in [0.05, 0.1) is 0 Å². The van der Waals surface area contributed by atoms with Gasteiger partial charge in [-0.2, -0.15) is 11.8 Å². The number of nitrogens with one attached hydrogen (secondary N) is 1. The molecule has 0 radical (unpaired) electrons. The summed E-state index contributed by atoms with van der Waals surface area (Å²) >= 11 is 2.14. The first-order valence-corrected chi connectivity index (χ1v) is 7.18. The molecule has 0 aromatic heterocycles. The molecule has 3 rings (SSSR count). The first-order chi connectivity index (χ1) is 6.78. The number of hydrogen-bond acceptors (Lipinski definition) is 2. The van der Waals surface area contributed by atoms with Crippen LogP contribution >= 0.6 is 11.8 Å². The number of rotatable bonds is 4. The second-order valence-corrected chi connectivity index (χ2v) is 7.07. The first-order valence-electron chi connectivity index (χ1n) is 6.13. The summed E-state index contributed by atoms with van der Waals surface area (Å²) in [6.07, 6.45) is 7.47. The van der Waals surface area contributed by atoms with E-state index in [1.165, 1.54) is 44.4 Å². The van der Waals surface area contributed by atoms with Gasteiger partial charge in [-0.1, -0.05) is 6.92 Å². The van der Waals surface area contributed by atoms with Gasteiger partial charge in [0.2, 0.25) is 0 Å². The average Bonchev–Trinajstić information content (AvgIpc) is 3.03. The highest BCUT2D eigenvalue weighted by molar-refractivity contribution is 8.00. The zero-order valence-corrected chi connectivity index (χ0v) is 9.91. The minimum atomic E-state index is 0.788. The van der Waals surface area contributed by atoms with Crippen LogP contribution in [0.1, 0.15) is 39.0 Å². The Hall–Kier alpha value is 0.310. The van der Waals surface area contributed by atoms with Crippen molar-refractivity contribution in [2.24, 2.45) is 11.3 Å². The molecule has 0 spiro atoms. The van der Waals surface area contributed by atoms with Gasteiger partial charge in [-0.25, -0.2) is 0 Å². The summed E-state index contributed by atoms with van der Waals surface area (Å²) in [4.78, 5) is 0. The fraction of sp³-hybridized carbons (Fsp3) is 1.00. The normalized spacial score (nSPS) is 40.1. The molecule has 2 heteroatoms. The van der Waals surface area contributed by atoms with E-state index in [2.05, 4.69) is 24.0 Å². The fourth-order valence-corrected chi connectivity index (χ4v) is 4.08. The Labute approximate surface area is 91.4 Å². The van der Waals surface area contributed by atoms with Crippen molar-refractivity contribution in [3.8, 4) is 0 Å². The molecule has 1 N–H and O–H groups in total. The third-order valence-electron chi connectivity index (χ3n) is 4.28. The molecule has 2 unspecified atom stereocenters. The second-order valence-electron chi connectivity index (χ2n) is 5.59. The molecule has 14 heavy (non-hydrogen) atoms. The average molecular weight is 211 g/mol. The van der Waals surface area contributed by atoms with Crippen LogP contribution in [0.15, 0.2) is 0 Å². The van der Waals surface area contributed by atoms with E-state index >= 15 is 0 Å². The van der Waals surface area contributed by atoms with E-state index in [1.807, 2.05) is 0 Å². The quantitative estimate of drug-likeness (QED) is 0.767. The second kappa shape index (κ2) is 3.41. The third-order valence-corrected chi connectivity index (χ3v) is 5.63. The van der Waals surface area contributed by atoms with Crippen LogP contribution in [-0.4, -0.2) is 23.6 Å². The summed E-state index contributed by atoms with van der Waals surface area (Å²) in [6, 6.07) is 0.825. The van der Waals surface area contributed by atoms with E-state index < -0.39 is 0 Å². The van der Waals surface area contributed by atoms with Crippen LogP contribution in [0.5, 0.6) is 0 Å². The summed E-state index contributed by atoms with van der Waals surface area (Å²) in [5.74, 6) is 2.46. The molecule has 2 aliphatic carbocycles. The van der Waals surface area contributed by atoms with E-state index in [9.17, 15) is 0 Å². The summed E-state index contributed by atoms with van der Waals surface area (Å²) in [5.41, 5.74) is 0.788. The summed E-state index contributed by atoms with van der Waals surface area (Å²) in [7, 11) is 0. The van der Waals surface area contributed by atoms with Crippen molar-refractivity contribution in [2.75, 3.05) is 12.3 Å². The molecule has 80 valence electrons. The van der Waals surface area contributed by atoms with Crippen LogP contribution < -0.4 is 5.32 Å². The van der Waals surface area contributed by atoms with E-state index in [4.69, 9.17) is 0 Å². The van der Waals surface area contributed by atoms with Gasteiger partial charge in [0, 0.05) is 23.6 Å². The van der Waals surface area contributed by atoms with Gasteiger partial charge in [0.25, 0.3) is 0 Å². The molecule has 2 atom stereocenters. The standard InChI is InChI=1S/C12H21NS/c1-9-6-11(7-14-9)13-8-12(4-5-12)10-2-3-10/h9-11,13H,2-8H2,1H3. The lowest BCUT2D eigenvalue weighted by molar-refractivity contribution is 0.378. The summed E-state index contributed by atoms with van der Waals surface area (Å²) < 4.78 is 0. The molecule has 1 aliphatic heterocycles. The molecule has 0 amide bonds. The lowest BCUT2D eigenvalue weighted by atomic mass is 10.00. The highest BCUT2D eigenvalue weighted by Crippen LogP contribution is 2.60. The van der Waals surface area contributed by atoms with Crippen molar-refractivity contribution in [2.45, 2.75) is 50.3 Å². The molecule has 1 saturated heterocycles. The van der Waals surface area contributed by atoms with Crippen LogP contribution in [0.3, 0.4) is 0 Å². The Balaban J connectivity index is 1.45. The van der Waals surface area contributed by atoms with E-state index in [-0.39, 0.29) is 0 Å².